The van der Waals surface area contributed by atoms with Crippen molar-refractivity contribution in [3.8, 4) is 5.75 Å². The van der Waals surface area contributed by atoms with Gasteiger partial charge in [0.2, 0.25) is 0 Å². The number of carboxylic acids is 2. The molecule has 0 radical (unpaired) electrons. The number of aryl methyl sites for hydroxylation is 1. The fraction of sp³-hybridized carbons (Fsp3) is 0.483. The molecule has 0 unspecified atom stereocenters. The van der Waals surface area contributed by atoms with E-state index in [4.69, 9.17) is 19.5 Å². The van der Waals surface area contributed by atoms with Gasteiger partial charge < -0.3 is 29.3 Å². The van der Waals surface area contributed by atoms with Gasteiger partial charge in [-0.2, -0.15) is 5.10 Å². The predicted molar refractivity (Wildman–Crippen MR) is 149 cm³/mol. The Hall–Kier alpha value is -3.99. The van der Waals surface area contributed by atoms with Crippen LogP contribution in [0.5, 0.6) is 5.75 Å². The molecular weight excluding hydrogens is 514 g/mol. The fourth-order valence-corrected chi connectivity index (χ4v) is 4.76. The molecular formula is C29H37N5O6. The predicted octanol–water partition coefficient (Wildman–Crippen LogP) is 4.03. The van der Waals surface area contributed by atoms with Crippen molar-refractivity contribution in [3.05, 3.63) is 53.9 Å². The van der Waals surface area contributed by atoms with E-state index < -0.39 is 11.9 Å². The van der Waals surface area contributed by atoms with Gasteiger partial charge in [0.05, 0.1) is 17.9 Å². The number of ether oxygens (including phenoxy) is 1. The molecule has 11 heteroatoms. The van der Waals surface area contributed by atoms with E-state index in [1.807, 2.05) is 12.1 Å². The number of fused-ring (bicyclic) bond motifs is 1. The van der Waals surface area contributed by atoms with Crippen LogP contribution in [-0.4, -0.2) is 76.2 Å². The molecule has 0 spiro atoms. The molecule has 0 bridgehead atoms. The standard InChI is InChI=1S/C25H33N5O2.C4H4O4/c1-29(2)16-21-23(31-17-19-5-6-19)10-8-20-22(28-32-25(20)21)9-7-18-11-14-30(15-12-18)24-4-3-13-26-27-24;5-3(6)1-2-4(7)8/h3-4,8,10,13,18-19H,5-7,9,11-12,14-17H2,1-2H3;1-2H,(H,5,6)(H,7,8). The Bertz CT molecular complexity index is 1280. The van der Waals surface area contributed by atoms with E-state index >= 15 is 0 Å². The van der Waals surface area contributed by atoms with Crippen LogP contribution < -0.4 is 9.64 Å². The maximum atomic E-state index is 9.55. The third-order valence-electron chi connectivity index (χ3n) is 7.08. The zero-order valence-electron chi connectivity index (χ0n) is 23.0. The highest BCUT2D eigenvalue weighted by molar-refractivity contribution is 5.89. The SMILES string of the molecule is CN(C)Cc1c(OCC2CC2)ccc2c(CCC3CCN(c4cccnn4)CC3)noc12.O=C(O)C=CC(=O)O. The summed E-state index contributed by atoms with van der Waals surface area (Å²) in [6, 6.07) is 8.25. The number of nitrogens with zero attached hydrogens (tertiary/aromatic N) is 5. The van der Waals surface area contributed by atoms with Gasteiger partial charge in [0.25, 0.3) is 0 Å². The molecule has 2 aromatic heterocycles. The minimum atomic E-state index is -1.26. The number of aliphatic carboxylic acids is 2. The van der Waals surface area contributed by atoms with Crippen molar-refractivity contribution >= 4 is 28.7 Å². The van der Waals surface area contributed by atoms with Gasteiger partial charge in [-0.1, -0.05) is 5.16 Å². The molecule has 1 aromatic carbocycles. The lowest BCUT2D eigenvalue weighted by atomic mass is 9.91. The van der Waals surface area contributed by atoms with Crippen molar-refractivity contribution in [1.82, 2.24) is 20.3 Å². The Balaban J connectivity index is 0.000000406. The molecule has 1 saturated heterocycles. The molecule has 11 nitrogen and oxygen atoms in total. The molecule has 2 aliphatic rings. The minimum Gasteiger partial charge on any atom is -0.493 e. The zero-order valence-corrected chi connectivity index (χ0v) is 23.0. The lowest BCUT2D eigenvalue weighted by Gasteiger charge is -2.32. The normalized spacial score (nSPS) is 15.8. The Kier molecular flexibility index (Phi) is 10.1. The quantitative estimate of drug-likeness (QED) is 0.334. The van der Waals surface area contributed by atoms with Crippen LogP contribution in [0, 0.1) is 11.8 Å². The van der Waals surface area contributed by atoms with E-state index in [1.165, 1.54) is 25.7 Å². The van der Waals surface area contributed by atoms with Crippen LogP contribution in [0.3, 0.4) is 0 Å². The fourth-order valence-electron chi connectivity index (χ4n) is 4.76. The molecule has 40 heavy (non-hydrogen) atoms. The van der Waals surface area contributed by atoms with Gasteiger partial charge in [0.1, 0.15) is 5.75 Å². The topological polar surface area (TPSA) is 142 Å². The summed E-state index contributed by atoms with van der Waals surface area (Å²) < 4.78 is 12.0. The van der Waals surface area contributed by atoms with Gasteiger partial charge in [-0.05, 0) is 88.7 Å². The summed E-state index contributed by atoms with van der Waals surface area (Å²) in [5.41, 5.74) is 3.08. The Labute approximate surface area is 233 Å². The van der Waals surface area contributed by atoms with E-state index in [0.29, 0.717) is 18.1 Å². The largest absolute Gasteiger partial charge is 0.493 e. The monoisotopic (exact) mass is 551 g/mol. The third-order valence-corrected chi connectivity index (χ3v) is 7.08. The first kappa shape index (κ1) is 29.0. The first-order valence-corrected chi connectivity index (χ1v) is 13.6. The van der Waals surface area contributed by atoms with Gasteiger partial charge in [0.15, 0.2) is 11.4 Å². The molecule has 0 amide bonds. The van der Waals surface area contributed by atoms with Gasteiger partial charge >= 0.3 is 11.9 Å². The number of piperidine rings is 1. The number of benzene rings is 1. The van der Waals surface area contributed by atoms with E-state index in [2.05, 4.69) is 51.4 Å². The molecule has 214 valence electrons. The van der Waals surface area contributed by atoms with E-state index in [0.717, 1.165) is 78.8 Å². The molecule has 5 rings (SSSR count). The molecule has 1 aliphatic carbocycles. The number of carbonyl (C=O) groups is 2. The lowest BCUT2D eigenvalue weighted by molar-refractivity contribution is -0.134. The number of hydrogen-bond acceptors (Lipinski definition) is 9. The molecule has 2 N–H and O–H groups in total. The first-order valence-electron chi connectivity index (χ1n) is 13.6. The Morgan fingerprint density at radius 2 is 1.80 bits per heavy atom. The van der Waals surface area contributed by atoms with E-state index in [-0.39, 0.29) is 0 Å². The second kappa shape index (κ2) is 13.9. The van der Waals surface area contributed by atoms with Crippen LogP contribution in [0.1, 0.15) is 43.4 Å². The smallest absolute Gasteiger partial charge is 0.328 e. The van der Waals surface area contributed by atoms with Gasteiger partial charge in [-0.15, -0.1) is 5.10 Å². The van der Waals surface area contributed by atoms with Crippen LogP contribution >= 0.6 is 0 Å². The highest BCUT2D eigenvalue weighted by Crippen LogP contribution is 2.35. The number of hydrogen-bond donors (Lipinski definition) is 2. The van der Waals surface area contributed by atoms with Gasteiger partial charge in [-0.25, -0.2) is 9.59 Å². The number of carboxylic acid groups (broad SMARTS) is 2. The molecule has 1 saturated carbocycles. The van der Waals surface area contributed by atoms with Crippen molar-refractivity contribution in [2.45, 2.75) is 45.1 Å². The maximum Gasteiger partial charge on any atom is 0.328 e. The van der Waals surface area contributed by atoms with Crippen molar-refractivity contribution in [1.29, 1.82) is 0 Å². The third kappa shape index (κ3) is 8.51. The first-order chi connectivity index (χ1) is 19.3. The minimum absolute atomic E-state index is 0.558. The van der Waals surface area contributed by atoms with Crippen molar-refractivity contribution in [2.75, 3.05) is 38.7 Å². The summed E-state index contributed by atoms with van der Waals surface area (Å²) >= 11 is 0. The lowest BCUT2D eigenvalue weighted by Crippen LogP contribution is -2.34. The molecule has 3 heterocycles. The number of rotatable bonds is 11. The summed E-state index contributed by atoms with van der Waals surface area (Å²) in [6.45, 7) is 3.67. The maximum absolute atomic E-state index is 9.55. The summed E-state index contributed by atoms with van der Waals surface area (Å²) in [5.74, 6) is 0.846. The van der Waals surface area contributed by atoms with Crippen molar-refractivity contribution < 1.29 is 29.1 Å². The van der Waals surface area contributed by atoms with Crippen molar-refractivity contribution in [3.63, 3.8) is 0 Å². The zero-order chi connectivity index (χ0) is 28.5. The van der Waals surface area contributed by atoms with E-state index in [1.54, 1.807) is 6.20 Å². The second-order valence-electron chi connectivity index (χ2n) is 10.6. The van der Waals surface area contributed by atoms with Crippen LogP contribution in [0.15, 0.2) is 47.1 Å². The highest BCUT2D eigenvalue weighted by atomic mass is 16.5. The van der Waals surface area contributed by atoms with Crippen molar-refractivity contribution in [2.24, 2.45) is 11.8 Å². The summed E-state index contributed by atoms with van der Waals surface area (Å²) in [7, 11) is 4.16. The molecule has 1 aliphatic heterocycles. The summed E-state index contributed by atoms with van der Waals surface area (Å²) in [4.78, 5) is 23.6. The van der Waals surface area contributed by atoms with Crippen LogP contribution in [0.25, 0.3) is 11.0 Å². The average molecular weight is 552 g/mol. The number of anilines is 1. The average Bonchev–Trinajstić information content (AvgIpc) is 3.68. The highest BCUT2D eigenvalue weighted by Gasteiger charge is 2.25. The Morgan fingerprint density at radius 1 is 1.07 bits per heavy atom. The number of aromatic nitrogens is 3. The molecule has 2 fully saturated rings. The molecule has 0 atom stereocenters. The van der Waals surface area contributed by atoms with Gasteiger partial charge in [-0.3, -0.25) is 0 Å². The van der Waals surface area contributed by atoms with Crippen LogP contribution in [-0.2, 0) is 22.6 Å². The molecule has 3 aromatic rings. The van der Waals surface area contributed by atoms with Crippen LogP contribution in [0.2, 0.25) is 0 Å². The summed E-state index contributed by atoms with van der Waals surface area (Å²) in [5, 5.41) is 29.5. The van der Waals surface area contributed by atoms with Crippen LogP contribution in [0.4, 0.5) is 5.82 Å². The Morgan fingerprint density at radius 3 is 2.40 bits per heavy atom. The van der Waals surface area contributed by atoms with Gasteiger partial charge in [0, 0.05) is 43.4 Å². The summed E-state index contributed by atoms with van der Waals surface area (Å²) in [6.07, 6.45) is 9.86. The van der Waals surface area contributed by atoms with E-state index in [9.17, 15) is 9.59 Å². The second-order valence-corrected chi connectivity index (χ2v) is 10.6.